The number of anilines is 2. The Balaban J connectivity index is 1.88. The fourth-order valence-electron chi connectivity index (χ4n) is 1.81. The fraction of sp³-hybridized carbons (Fsp3) is 0.0769. The molecule has 2 N–H and O–H groups in total. The van der Waals surface area contributed by atoms with Crippen molar-refractivity contribution in [3.8, 4) is 0 Å². The van der Waals surface area contributed by atoms with Crippen LogP contribution in [-0.4, -0.2) is 30.7 Å². The minimum absolute atomic E-state index is 0.119. The lowest BCUT2D eigenvalue weighted by Crippen LogP contribution is -2.00. The molecule has 0 bridgehead atoms. The molecule has 7 nitrogen and oxygen atoms in total. The topological polar surface area (TPSA) is 92.4 Å². The van der Waals surface area contributed by atoms with E-state index < -0.39 is 5.97 Å². The average molecular weight is 269 g/mol. The first kappa shape index (κ1) is 12.1. The summed E-state index contributed by atoms with van der Waals surface area (Å²) in [5.41, 5.74) is 1.08. The highest BCUT2D eigenvalue weighted by Gasteiger charge is 2.07. The number of aromatic nitrogens is 4. The lowest BCUT2D eigenvalue weighted by Gasteiger charge is -2.03. The molecule has 3 rings (SSSR count). The monoisotopic (exact) mass is 269 g/mol. The summed E-state index contributed by atoms with van der Waals surface area (Å²) in [6.07, 6.45) is 3.17. The maximum absolute atomic E-state index is 10.7. The number of aliphatic carboxylic acids is 1. The summed E-state index contributed by atoms with van der Waals surface area (Å²) in [6, 6.07) is 9.06. The maximum atomic E-state index is 10.7. The highest BCUT2D eigenvalue weighted by molar-refractivity contribution is 5.69. The van der Waals surface area contributed by atoms with Gasteiger partial charge in [0.2, 0.25) is 0 Å². The van der Waals surface area contributed by atoms with Gasteiger partial charge < -0.3 is 10.4 Å². The zero-order chi connectivity index (χ0) is 13.9. The number of imidazole rings is 1. The lowest BCUT2D eigenvalue weighted by molar-refractivity contribution is -0.136. The van der Waals surface area contributed by atoms with E-state index in [-0.39, 0.29) is 6.42 Å². The number of nitrogens with one attached hydrogen (secondary N) is 1. The van der Waals surface area contributed by atoms with Crippen molar-refractivity contribution in [1.29, 1.82) is 0 Å². The summed E-state index contributed by atoms with van der Waals surface area (Å²) >= 11 is 0. The van der Waals surface area contributed by atoms with E-state index >= 15 is 0 Å². The Hall–Kier alpha value is -2.96. The zero-order valence-corrected chi connectivity index (χ0v) is 10.4. The third-order valence-corrected chi connectivity index (χ3v) is 2.62. The van der Waals surface area contributed by atoms with E-state index in [4.69, 9.17) is 5.11 Å². The molecule has 3 aromatic heterocycles. The summed E-state index contributed by atoms with van der Waals surface area (Å²) in [6.45, 7) is 0. The molecule has 0 aromatic carbocycles. The van der Waals surface area contributed by atoms with Crippen LogP contribution >= 0.6 is 0 Å². The largest absolute Gasteiger partial charge is 0.481 e. The standard InChI is InChI=1S/C13H11N5O2/c19-13(20)7-9-8-18-12(15-9)5-4-11(17-18)16-10-3-1-2-6-14-10/h1-6,8H,7H2,(H,19,20)(H,14,16,17). The Bertz CT molecular complexity index is 754. The summed E-state index contributed by atoms with van der Waals surface area (Å²) in [5, 5.41) is 16.1. The van der Waals surface area contributed by atoms with E-state index in [0.29, 0.717) is 23.0 Å². The molecule has 0 radical (unpaired) electrons. The average Bonchev–Trinajstić information content (AvgIpc) is 2.80. The molecular weight excluding hydrogens is 258 g/mol. The van der Waals surface area contributed by atoms with Crippen molar-refractivity contribution in [2.24, 2.45) is 0 Å². The van der Waals surface area contributed by atoms with Gasteiger partial charge >= 0.3 is 5.97 Å². The van der Waals surface area contributed by atoms with Gasteiger partial charge in [0.1, 0.15) is 5.82 Å². The van der Waals surface area contributed by atoms with Crippen molar-refractivity contribution in [3.05, 3.63) is 48.4 Å². The molecule has 0 unspecified atom stereocenters. The van der Waals surface area contributed by atoms with Crippen molar-refractivity contribution in [3.63, 3.8) is 0 Å². The molecule has 0 saturated heterocycles. The molecule has 0 spiro atoms. The van der Waals surface area contributed by atoms with Gasteiger partial charge in [-0.05, 0) is 24.3 Å². The zero-order valence-electron chi connectivity index (χ0n) is 10.4. The Kier molecular flexibility index (Phi) is 3.00. The third kappa shape index (κ3) is 2.56. The molecule has 20 heavy (non-hydrogen) atoms. The summed E-state index contributed by atoms with van der Waals surface area (Å²) < 4.78 is 1.55. The van der Waals surface area contributed by atoms with Crippen LogP contribution < -0.4 is 5.32 Å². The SMILES string of the molecule is O=C(O)Cc1cn2nc(Nc3ccccn3)ccc2n1. The van der Waals surface area contributed by atoms with Gasteiger partial charge in [0, 0.05) is 6.20 Å². The summed E-state index contributed by atoms with van der Waals surface area (Å²) in [4.78, 5) is 19.0. The van der Waals surface area contributed by atoms with Crippen LogP contribution in [0.5, 0.6) is 0 Å². The number of carbonyl (C=O) groups is 1. The quantitative estimate of drug-likeness (QED) is 0.745. The maximum Gasteiger partial charge on any atom is 0.309 e. The van der Waals surface area contributed by atoms with E-state index in [1.807, 2.05) is 18.2 Å². The molecule has 7 heteroatoms. The van der Waals surface area contributed by atoms with E-state index in [2.05, 4.69) is 20.4 Å². The normalized spacial score (nSPS) is 10.6. The number of carboxylic acids is 1. The van der Waals surface area contributed by atoms with E-state index in [1.165, 1.54) is 0 Å². The van der Waals surface area contributed by atoms with Gasteiger partial charge in [-0.15, -0.1) is 5.10 Å². The van der Waals surface area contributed by atoms with Crippen LogP contribution in [-0.2, 0) is 11.2 Å². The molecule has 100 valence electrons. The minimum atomic E-state index is -0.916. The molecule has 3 aromatic rings. The fourth-order valence-corrected chi connectivity index (χ4v) is 1.81. The second-order valence-corrected chi connectivity index (χ2v) is 4.16. The van der Waals surface area contributed by atoms with Gasteiger partial charge in [-0.1, -0.05) is 6.07 Å². The predicted octanol–water partition coefficient (Wildman–Crippen LogP) is 1.50. The van der Waals surface area contributed by atoms with Crippen LogP contribution in [0.25, 0.3) is 5.65 Å². The van der Waals surface area contributed by atoms with E-state index in [1.54, 1.807) is 29.0 Å². The van der Waals surface area contributed by atoms with Gasteiger partial charge in [-0.2, -0.15) is 0 Å². The van der Waals surface area contributed by atoms with E-state index in [0.717, 1.165) is 0 Å². The number of fused-ring (bicyclic) bond motifs is 1. The molecule has 0 fully saturated rings. The molecule has 0 aliphatic carbocycles. The Morgan fingerprint density at radius 3 is 2.90 bits per heavy atom. The molecule has 0 saturated carbocycles. The van der Waals surface area contributed by atoms with Crippen LogP contribution in [0.4, 0.5) is 11.6 Å². The molecule has 0 aliphatic heterocycles. The van der Waals surface area contributed by atoms with Crippen molar-refractivity contribution in [2.45, 2.75) is 6.42 Å². The first-order valence-electron chi connectivity index (χ1n) is 5.96. The Labute approximate surface area is 113 Å². The van der Waals surface area contributed by atoms with Crippen molar-refractivity contribution in [2.75, 3.05) is 5.32 Å². The van der Waals surface area contributed by atoms with Crippen molar-refractivity contribution >= 4 is 23.3 Å². The first-order valence-corrected chi connectivity index (χ1v) is 5.96. The summed E-state index contributed by atoms with van der Waals surface area (Å²) in [7, 11) is 0. The van der Waals surface area contributed by atoms with Gasteiger partial charge in [-0.3, -0.25) is 4.79 Å². The first-order chi connectivity index (χ1) is 9.70. The summed E-state index contributed by atoms with van der Waals surface area (Å²) in [5.74, 6) is 0.376. The smallest absolute Gasteiger partial charge is 0.309 e. The minimum Gasteiger partial charge on any atom is -0.481 e. The van der Waals surface area contributed by atoms with Gasteiger partial charge in [0.05, 0.1) is 18.3 Å². The third-order valence-electron chi connectivity index (χ3n) is 2.62. The second kappa shape index (κ2) is 4.96. The lowest BCUT2D eigenvalue weighted by atomic mass is 10.3. The number of hydrogen-bond acceptors (Lipinski definition) is 5. The van der Waals surface area contributed by atoms with Crippen molar-refractivity contribution in [1.82, 2.24) is 19.6 Å². The second-order valence-electron chi connectivity index (χ2n) is 4.16. The van der Waals surface area contributed by atoms with Crippen LogP contribution in [0.2, 0.25) is 0 Å². The number of nitrogens with zero attached hydrogens (tertiary/aromatic N) is 4. The van der Waals surface area contributed by atoms with Gasteiger partial charge in [-0.25, -0.2) is 14.5 Å². The van der Waals surface area contributed by atoms with Crippen LogP contribution in [0.3, 0.4) is 0 Å². The molecule has 0 amide bonds. The highest BCUT2D eigenvalue weighted by atomic mass is 16.4. The Morgan fingerprint density at radius 1 is 1.25 bits per heavy atom. The van der Waals surface area contributed by atoms with Crippen LogP contribution in [0, 0.1) is 0 Å². The number of carboxylic acid groups (broad SMARTS) is 1. The van der Waals surface area contributed by atoms with Gasteiger partial charge in [0.15, 0.2) is 11.5 Å². The van der Waals surface area contributed by atoms with Gasteiger partial charge in [0.25, 0.3) is 0 Å². The van der Waals surface area contributed by atoms with Crippen LogP contribution in [0.15, 0.2) is 42.7 Å². The molecule has 3 heterocycles. The van der Waals surface area contributed by atoms with E-state index in [9.17, 15) is 4.79 Å². The Morgan fingerprint density at radius 2 is 2.15 bits per heavy atom. The van der Waals surface area contributed by atoms with Crippen molar-refractivity contribution < 1.29 is 9.90 Å². The molecule has 0 aliphatic rings. The number of pyridine rings is 1. The highest BCUT2D eigenvalue weighted by Crippen LogP contribution is 2.12. The van der Waals surface area contributed by atoms with Crippen LogP contribution in [0.1, 0.15) is 5.69 Å². The number of hydrogen-bond donors (Lipinski definition) is 2. The number of rotatable bonds is 4. The molecular formula is C13H11N5O2. The molecule has 0 atom stereocenters. The predicted molar refractivity (Wildman–Crippen MR) is 71.8 cm³/mol.